The number of alkyl halides is 1. The number of allylic oxidation sites excluding steroid dienone is 4. The standard InChI is InChI=1S/C29H45BrO3/c1-20-10-13-24(33-27(31)19-30)18-23(20)12-11-22-9-7-17-29(5)25(14-15-26(22)29)21(2)8-6-16-28(3,4)32/h11-12,21,24-26,32H,1,6-10,13-19H2,2-5H3/t21-,24+,25-,26?,29-/m1/s1. The van der Waals surface area contributed by atoms with Crippen LogP contribution in [0.25, 0.3) is 0 Å². The maximum atomic E-state index is 11.7. The third kappa shape index (κ3) is 6.84. The Morgan fingerprint density at radius 1 is 1.30 bits per heavy atom. The van der Waals surface area contributed by atoms with Crippen LogP contribution in [0.1, 0.15) is 98.3 Å². The fourth-order valence-electron chi connectivity index (χ4n) is 6.97. The Bertz CT molecular complexity index is 774. The number of hydrogen-bond donors (Lipinski definition) is 1. The van der Waals surface area contributed by atoms with Gasteiger partial charge in [0.05, 0.1) is 5.60 Å². The van der Waals surface area contributed by atoms with Crippen molar-refractivity contribution in [1.82, 2.24) is 0 Å². The van der Waals surface area contributed by atoms with E-state index in [2.05, 4.69) is 48.5 Å². The van der Waals surface area contributed by atoms with E-state index in [0.29, 0.717) is 17.3 Å². The van der Waals surface area contributed by atoms with Gasteiger partial charge in [-0.25, -0.2) is 0 Å². The molecule has 0 aromatic heterocycles. The van der Waals surface area contributed by atoms with Crippen LogP contribution < -0.4 is 0 Å². The largest absolute Gasteiger partial charge is 0.461 e. The highest BCUT2D eigenvalue weighted by Gasteiger charge is 2.50. The van der Waals surface area contributed by atoms with Crippen molar-refractivity contribution >= 4 is 21.9 Å². The first-order chi connectivity index (χ1) is 15.5. The Morgan fingerprint density at radius 3 is 2.76 bits per heavy atom. The predicted molar refractivity (Wildman–Crippen MR) is 140 cm³/mol. The Kier molecular flexibility index (Phi) is 9.11. The quantitative estimate of drug-likeness (QED) is 0.263. The Balaban J connectivity index is 1.67. The van der Waals surface area contributed by atoms with E-state index in [9.17, 15) is 9.90 Å². The lowest BCUT2D eigenvalue weighted by atomic mass is 9.60. The van der Waals surface area contributed by atoms with E-state index >= 15 is 0 Å². The summed E-state index contributed by atoms with van der Waals surface area (Å²) in [7, 11) is 0. The van der Waals surface area contributed by atoms with Crippen LogP contribution in [-0.2, 0) is 9.53 Å². The molecule has 3 rings (SSSR count). The van der Waals surface area contributed by atoms with Crippen molar-refractivity contribution in [2.45, 2.75) is 110 Å². The fraction of sp³-hybridized carbons (Fsp3) is 0.759. The first-order valence-corrected chi connectivity index (χ1v) is 14.2. The van der Waals surface area contributed by atoms with Gasteiger partial charge in [0.25, 0.3) is 0 Å². The molecule has 0 aromatic rings. The molecule has 0 saturated heterocycles. The van der Waals surface area contributed by atoms with Crippen molar-refractivity contribution in [3.05, 3.63) is 35.5 Å². The minimum absolute atomic E-state index is 0.0255. The van der Waals surface area contributed by atoms with Gasteiger partial charge in [-0.15, -0.1) is 0 Å². The van der Waals surface area contributed by atoms with Crippen LogP contribution in [0.15, 0.2) is 35.5 Å². The summed E-state index contributed by atoms with van der Waals surface area (Å²) in [5.74, 6) is 1.99. The lowest BCUT2D eigenvalue weighted by Gasteiger charge is -2.44. The van der Waals surface area contributed by atoms with Crippen LogP contribution in [0.3, 0.4) is 0 Å². The number of carbonyl (C=O) groups is 1. The highest BCUT2D eigenvalue weighted by Crippen LogP contribution is 2.60. The molecule has 4 heteroatoms. The maximum absolute atomic E-state index is 11.7. The van der Waals surface area contributed by atoms with Gasteiger partial charge in [-0.3, -0.25) is 4.79 Å². The smallest absolute Gasteiger partial charge is 0.316 e. The first kappa shape index (κ1) is 26.7. The topological polar surface area (TPSA) is 46.5 Å². The molecule has 0 amide bonds. The summed E-state index contributed by atoms with van der Waals surface area (Å²) in [4.78, 5) is 11.7. The zero-order valence-electron chi connectivity index (χ0n) is 21.3. The molecule has 1 unspecified atom stereocenters. The van der Waals surface area contributed by atoms with Gasteiger partial charge in [0.2, 0.25) is 0 Å². The molecule has 3 saturated carbocycles. The zero-order chi connectivity index (χ0) is 24.2. The van der Waals surface area contributed by atoms with Gasteiger partial charge in [0.1, 0.15) is 11.4 Å². The third-order valence-corrected chi connectivity index (χ3v) is 9.21. The molecule has 3 nitrogen and oxygen atoms in total. The van der Waals surface area contributed by atoms with Crippen LogP contribution in [-0.4, -0.2) is 28.1 Å². The maximum Gasteiger partial charge on any atom is 0.316 e. The van der Waals surface area contributed by atoms with Crippen molar-refractivity contribution < 1.29 is 14.6 Å². The van der Waals surface area contributed by atoms with Crippen LogP contribution in [0.5, 0.6) is 0 Å². The number of fused-ring (bicyclic) bond motifs is 1. The lowest BCUT2D eigenvalue weighted by Crippen LogP contribution is -2.36. The van der Waals surface area contributed by atoms with E-state index in [0.717, 1.165) is 38.0 Å². The number of ether oxygens (including phenoxy) is 1. The van der Waals surface area contributed by atoms with Crippen molar-refractivity contribution in [2.75, 3.05) is 5.33 Å². The van der Waals surface area contributed by atoms with Crippen LogP contribution in [0.2, 0.25) is 0 Å². The molecule has 5 atom stereocenters. The first-order valence-electron chi connectivity index (χ1n) is 13.1. The average molecular weight is 522 g/mol. The van der Waals surface area contributed by atoms with Crippen LogP contribution in [0, 0.1) is 23.2 Å². The lowest BCUT2D eigenvalue weighted by molar-refractivity contribution is -0.146. The predicted octanol–water partition coefficient (Wildman–Crippen LogP) is 7.68. The Labute approximate surface area is 210 Å². The Hall–Kier alpha value is -0.870. The van der Waals surface area contributed by atoms with E-state index in [1.165, 1.54) is 49.7 Å². The summed E-state index contributed by atoms with van der Waals surface area (Å²) in [6, 6.07) is 0. The van der Waals surface area contributed by atoms with E-state index < -0.39 is 5.60 Å². The van der Waals surface area contributed by atoms with Crippen molar-refractivity contribution in [2.24, 2.45) is 23.2 Å². The third-order valence-electron chi connectivity index (χ3n) is 8.75. The molecule has 0 aromatic carbocycles. The van der Waals surface area contributed by atoms with Crippen molar-refractivity contribution in [3.63, 3.8) is 0 Å². The molecule has 33 heavy (non-hydrogen) atoms. The molecular formula is C29H45BrO3. The van der Waals surface area contributed by atoms with Crippen molar-refractivity contribution in [3.8, 4) is 0 Å². The SMILES string of the molecule is C=C1CC[C@H](OC(=O)CBr)CC1=CC=C1CCC[C@@]2(C)C1CC[C@@H]2[C@H](C)CCCC(C)(C)O. The molecule has 186 valence electrons. The van der Waals surface area contributed by atoms with Gasteiger partial charge in [-0.1, -0.05) is 72.5 Å². The summed E-state index contributed by atoms with van der Waals surface area (Å²) >= 11 is 3.19. The van der Waals surface area contributed by atoms with E-state index in [-0.39, 0.29) is 17.4 Å². The van der Waals surface area contributed by atoms with Crippen LogP contribution in [0.4, 0.5) is 0 Å². The number of hydrogen-bond acceptors (Lipinski definition) is 3. The summed E-state index contributed by atoms with van der Waals surface area (Å²) in [6.45, 7) is 13.1. The summed E-state index contributed by atoms with van der Waals surface area (Å²) in [5.41, 5.74) is 3.91. The molecule has 0 heterocycles. The average Bonchev–Trinajstić information content (AvgIpc) is 3.10. The summed E-state index contributed by atoms with van der Waals surface area (Å²) < 4.78 is 5.59. The number of rotatable bonds is 8. The molecule has 0 aliphatic heterocycles. The highest BCUT2D eigenvalue weighted by molar-refractivity contribution is 9.09. The van der Waals surface area contributed by atoms with Crippen LogP contribution >= 0.6 is 15.9 Å². The second-order valence-corrected chi connectivity index (χ2v) is 12.4. The number of carbonyl (C=O) groups excluding carboxylic acids is 1. The number of esters is 1. The normalized spacial score (nSPS) is 33.9. The molecule has 0 spiro atoms. The second kappa shape index (κ2) is 11.2. The van der Waals surface area contributed by atoms with Gasteiger partial charge in [0, 0.05) is 6.42 Å². The van der Waals surface area contributed by atoms with Gasteiger partial charge >= 0.3 is 5.97 Å². The van der Waals surface area contributed by atoms with Gasteiger partial charge in [0.15, 0.2) is 0 Å². The molecule has 3 aliphatic rings. The highest BCUT2D eigenvalue weighted by atomic mass is 79.9. The fourth-order valence-corrected chi connectivity index (χ4v) is 7.10. The van der Waals surface area contributed by atoms with Gasteiger partial charge in [-0.2, -0.15) is 0 Å². The minimum Gasteiger partial charge on any atom is -0.461 e. The summed E-state index contributed by atoms with van der Waals surface area (Å²) in [6.07, 6.45) is 16.9. The van der Waals surface area contributed by atoms with E-state index in [4.69, 9.17) is 4.74 Å². The van der Waals surface area contributed by atoms with E-state index in [1.54, 1.807) is 5.57 Å². The van der Waals surface area contributed by atoms with Gasteiger partial charge < -0.3 is 9.84 Å². The second-order valence-electron chi connectivity index (χ2n) is 11.8. The summed E-state index contributed by atoms with van der Waals surface area (Å²) in [5, 5.41) is 10.3. The molecule has 3 fully saturated rings. The van der Waals surface area contributed by atoms with E-state index in [1.807, 2.05) is 13.8 Å². The molecule has 0 radical (unpaired) electrons. The molecule has 3 aliphatic carbocycles. The Morgan fingerprint density at radius 2 is 2.06 bits per heavy atom. The zero-order valence-corrected chi connectivity index (χ0v) is 22.9. The van der Waals surface area contributed by atoms with Gasteiger partial charge in [-0.05, 0) is 94.0 Å². The number of halogens is 1. The minimum atomic E-state index is -0.551. The number of aliphatic hydroxyl groups is 1. The monoisotopic (exact) mass is 520 g/mol. The molecule has 1 N–H and O–H groups in total. The molecule has 0 bridgehead atoms. The molecular weight excluding hydrogens is 476 g/mol. The van der Waals surface area contributed by atoms with Crippen molar-refractivity contribution in [1.29, 1.82) is 0 Å².